The van der Waals surface area contributed by atoms with E-state index in [-0.39, 0.29) is 6.04 Å². The largest absolute Gasteiger partial charge is 0.368 e. The molecule has 102 valence electrons. The standard InChI is InChI=1S/C13H18N4OS/c1-9(8-13(2,15)12(14)18)17-6-5-16-11(17)10-4-3-7-19-10/h3-7,9H,8,15H2,1-2H3,(H2,14,18). The predicted molar refractivity (Wildman–Crippen MR) is 76.7 cm³/mol. The van der Waals surface area contributed by atoms with Crippen LogP contribution in [0.5, 0.6) is 0 Å². The van der Waals surface area contributed by atoms with Crippen LogP contribution in [-0.2, 0) is 4.79 Å². The molecule has 5 nitrogen and oxygen atoms in total. The number of carbonyl (C=O) groups is 1. The van der Waals surface area contributed by atoms with Gasteiger partial charge >= 0.3 is 0 Å². The van der Waals surface area contributed by atoms with Crippen LogP contribution < -0.4 is 11.5 Å². The minimum Gasteiger partial charge on any atom is -0.368 e. The third kappa shape index (κ3) is 2.85. The van der Waals surface area contributed by atoms with Gasteiger partial charge < -0.3 is 16.0 Å². The van der Waals surface area contributed by atoms with Crippen molar-refractivity contribution < 1.29 is 4.79 Å². The van der Waals surface area contributed by atoms with Gasteiger partial charge in [-0.25, -0.2) is 4.98 Å². The minimum atomic E-state index is -1.02. The highest BCUT2D eigenvalue weighted by Gasteiger charge is 2.29. The molecule has 0 fully saturated rings. The lowest BCUT2D eigenvalue weighted by atomic mass is 9.94. The fraction of sp³-hybridized carbons (Fsp3) is 0.385. The zero-order valence-corrected chi connectivity index (χ0v) is 11.9. The van der Waals surface area contributed by atoms with Crippen LogP contribution >= 0.6 is 11.3 Å². The number of imidazole rings is 1. The number of amides is 1. The second kappa shape index (κ2) is 5.14. The minimum absolute atomic E-state index is 0.0436. The highest BCUT2D eigenvalue weighted by atomic mass is 32.1. The lowest BCUT2D eigenvalue weighted by Crippen LogP contribution is -2.50. The summed E-state index contributed by atoms with van der Waals surface area (Å²) >= 11 is 1.63. The number of rotatable bonds is 5. The Morgan fingerprint density at radius 3 is 2.95 bits per heavy atom. The number of hydrogen-bond donors (Lipinski definition) is 2. The molecule has 2 atom stereocenters. The first-order valence-electron chi connectivity index (χ1n) is 6.07. The molecule has 0 aliphatic rings. The lowest BCUT2D eigenvalue weighted by molar-refractivity contribution is -0.123. The van der Waals surface area contributed by atoms with Crippen molar-refractivity contribution in [2.45, 2.75) is 31.8 Å². The maximum Gasteiger partial charge on any atom is 0.237 e. The third-order valence-electron chi connectivity index (χ3n) is 3.17. The van der Waals surface area contributed by atoms with Crippen molar-refractivity contribution in [1.82, 2.24) is 9.55 Å². The molecular weight excluding hydrogens is 260 g/mol. The van der Waals surface area contributed by atoms with Gasteiger partial charge in [0.05, 0.1) is 10.4 Å². The van der Waals surface area contributed by atoms with Crippen LogP contribution in [0.2, 0.25) is 0 Å². The van der Waals surface area contributed by atoms with Crippen LogP contribution in [0, 0.1) is 0 Å². The van der Waals surface area contributed by atoms with Gasteiger partial charge in [0.1, 0.15) is 5.82 Å². The van der Waals surface area contributed by atoms with Gasteiger partial charge in [-0.05, 0) is 31.7 Å². The van der Waals surface area contributed by atoms with E-state index >= 15 is 0 Å². The van der Waals surface area contributed by atoms with E-state index in [2.05, 4.69) is 4.98 Å². The molecule has 2 aromatic heterocycles. The summed E-state index contributed by atoms with van der Waals surface area (Å²) in [5.41, 5.74) is 10.2. The zero-order chi connectivity index (χ0) is 14.0. The molecule has 2 unspecified atom stereocenters. The first-order chi connectivity index (χ1) is 8.92. The number of nitrogens with zero attached hydrogens (tertiary/aromatic N) is 2. The van der Waals surface area contributed by atoms with E-state index < -0.39 is 11.4 Å². The number of aromatic nitrogens is 2. The molecule has 1 amide bonds. The van der Waals surface area contributed by atoms with Gasteiger partial charge in [0, 0.05) is 18.4 Å². The maximum atomic E-state index is 11.3. The average molecular weight is 278 g/mol. The van der Waals surface area contributed by atoms with Gasteiger partial charge in [0.2, 0.25) is 5.91 Å². The molecule has 6 heteroatoms. The second-order valence-electron chi connectivity index (χ2n) is 4.97. The summed E-state index contributed by atoms with van der Waals surface area (Å²) in [6.07, 6.45) is 4.12. The predicted octanol–water partition coefficient (Wildman–Crippen LogP) is 1.77. The van der Waals surface area contributed by atoms with Gasteiger partial charge in [0.25, 0.3) is 0 Å². The van der Waals surface area contributed by atoms with E-state index in [4.69, 9.17) is 11.5 Å². The highest BCUT2D eigenvalue weighted by Crippen LogP contribution is 2.28. The topological polar surface area (TPSA) is 86.9 Å². The molecule has 0 aliphatic carbocycles. The highest BCUT2D eigenvalue weighted by molar-refractivity contribution is 7.13. The number of hydrogen-bond acceptors (Lipinski definition) is 4. The summed E-state index contributed by atoms with van der Waals surface area (Å²) in [5.74, 6) is 0.403. The van der Waals surface area contributed by atoms with E-state index in [1.54, 1.807) is 24.5 Å². The van der Waals surface area contributed by atoms with Gasteiger partial charge in [-0.3, -0.25) is 4.79 Å². The van der Waals surface area contributed by atoms with Crippen LogP contribution in [0.1, 0.15) is 26.3 Å². The van der Waals surface area contributed by atoms with Gasteiger partial charge in [-0.1, -0.05) is 6.07 Å². The first kappa shape index (κ1) is 13.8. The van der Waals surface area contributed by atoms with Crippen molar-refractivity contribution >= 4 is 17.2 Å². The Kier molecular flexibility index (Phi) is 3.73. The number of nitrogens with two attached hydrogens (primary N) is 2. The molecule has 2 heterocycles. The lowest BCUT2D eigenvalue weighted by Gasteiger charge is -2.26. The Labute approximate surface area is 116 Å². The van der Waals surface area contributed by atoms with Gasteiger partial charge in [0.15, 0.2) is 0 Å². The molecule has 0 spiro atoms. The molecule has 2 rings (SSSR count). The average Bonchev–Trinajstić information content (AvgIpc) is 2.99. The van der Waals surface area contributed by atoms with E-state index in [1.165, 1.54) is 0 Å². The molecule has 2 aromatic rings. The summed E-state index contributed by atoms with van der Waals surface area (Å²) in [6.45, 7) is 3.67. The monoisotopic (exact) mass is 278 g/mol. The Morgan fingerprint density at radius 2 is 2.37 bits per heavy atom. The fourth-order valence-electron chi connectivity index (χ4n) is 2.08. The summed E-state index contributed by atoms with van der Waals surface area (Å²) in [5, 5.41) is 2.01. The SMILES string of the molecule is CC(CC(C)(N)C(N)=O)n1ccnc1-c1cccs1. The molecule has 19 heavy (non-hydrogen) atoms. The molecule has 0 aliphatic heterocycles. The van der Waals surface area contributed by atoms with E-state index in [0.717, 1.165) is 10.7 Å². The van der Waals surface area contributed by atoms with Crippen molar-refractivity contribution in [3.63, 3.8) is 0 Å². The van der Waals surface area contributed by atoms with Gasteiger partial charge in [-0.15, -0.1) is 11.3 Å². The third-order valence-corrected chi connectivity index (χ3v) is 4.03. The van der Waals surface area contributed by atoms with Crippen LogP contribution in [0.25, 0.3) is 10.7 Å². The summed E-state index contributed by atoms with van der Waals surface area (Å²) in [4.78, 5) is 16.8. The Morgan fingerprint density at radius 1 is 1.63 bits per heavy atom. The number of carbonyl (C=O) groups excluding carboxylic acids is 1. The van der Waals surface area contributed by atoms with Crippen molar-refractivity contribution in [3.05, 3.63) is 29.9 Å². The maximum absolute atomic E-state index is 11.3. The van der Waals surface area contributed by atoms with Crippen molar-refractivity contribution in [3.8, 4) is 10.7 Å². The van der Waals surface area contributed by atoms with Crippen molar-refractivity contribution in [1.29, 1.82) is 0 Å². The second-order valence-corrected chi connectivity index (χ2v) is 5.92. The molecule has 4 N–H and O–H groups in total. The van der Waals surface area contributed by atoms with Crippen molar-refractivity contribution in [2.75, 3.05) is 0 Å². The van der Waals surface area contributed by atoms with Gasteiger partial charge in [-0.2, -0.15) is 0 Å². The molecule has 0 radical (unpaired) electrons. The quantitative estimate of drug-likeness (QED) is 0.873. The smallest absolute Gasteiger partial charge is 0.237 e. The van der Waals surface area contributed by atoms with Crippen molar-refractivity contribution in [2.24, 2.45) is 11.5 Å². The Bertz CT molecular complexity index is 559. The molecule has 0 saturated heterocycles. The van der Waals surface area contributed by atoms with Crippen LogP contribution in [0.3, 0.4) is 0 Å². The van der Waals surface area contributed by atoms with E-state index in [0.29, 0.717) is 6.42 Å². The normalized spacial score (nSPS) is 15.9. The van der Waals surface area contributed by atoms with E-state index in [1.807, 2.05) is 35.2 Å². The summed E-state index contributed by atoms with van der Waals surface area (Å²) in [6, 6.07) is 4.05. The summed E-state index contributed by atoms with van der Waals surface area (Å²) in [7, 11) is 0. The molecule has 0 bridgehead atoms. The Hall–Kier alpha value is -1.66. The first-order valence-corrected chi connectivity index (χ1v) is 6.95. The number of thiophene rings is 1. The molecule has 0 saturated carbocycles. The zero-order valence-electron chi connectivity index (χ0n) is 11.0. The Balaban J connectivity index is 2.24. The van der Waals surface area contributed by atoms with Crippen LogP contribution in [0.4, 0.5) is 0 Å². The van der Waals surface area contributed by atoms with E-state index in [9.17, 15) is 4.79 Å². The van der Waals surface area contributed by atoms with Crippen LogP contribution in [-0.4, -0.2) is 21.0 Å². The fourth-order valence-corrected chi connectivity index (χ4v) is 2.80. The molecular formula is C13H18N4OS. The summed E-state index contributed by atoms with van der Waals surface area (Å²) < 4.78 is 2.03. The van der Waals surface area contributed by atoms with Crippen LogP contribution in [0.15, 0.2) is 29.9 Å². The molecule has 0 aromatic carbocycles. The number of primary amides is 1.